The van der Waals surface area contributed by atoms with Crippen LogP contribution in [0.2, 0.25) is 0 Å². The Balaban J connectivity index is 1.34. The van der Waals surface area contributed by atoms with Crippen LogP contribution in [0.5, 0.6) is 0 Å². The Hall–Kier alpha value is -4.47. The Morgan fingerprint density at radius 3 is 2.74 bits per heavy atom. The maximum absolute atomic E-state index is 12.8. The highest BCUT2D eigenvalue weighted by Gasteiger charge is 2.22. The van der Waals surface area contributed by atoms with E-state index in [1.165, 1.54) is 30.0 Å². The maximum atomic E-state index is 12.8. The maximum Gasteiger partial charge on any atom is 0.277 e. The number of primary amides is 1. The second-order valence-electron chi connectivity index (χ2n) is 8.28. The molecule has 10 nitrogen and oxygen atoms in total. The molecule has 1 saturated carbocycles. The minimum atomic E-state index is -0.759. The van der Waals surface area contributed by atoms with Gasteiger partial charge in [0.15, 0.2) is 11.4 Å². The first-order valence-corrected chi connectivity index (χ1v) is 10.9. The third-order valence-electron chi connectivity index (χ3n) is 5.51. The van der Waals surface area contributed by atoms with Crippen molar-refractivity contribution in [1.29, 1.82) is 0 Å². The number of oxazole rings is 1. The Bertz CT molecular complexity index is 1350. The summed E-state index contributed by atoms with van der Waals surface area (Å²) in [4.78, 5) is 33.3. The second-order valence-corrected chi connectivity index (χ2v) is 8.28. The number of hydrogen-bond acceptors (Lipinski definition) is 7. The van der Waals surface area contributed by atoms with E-state index in [-0.39, 0.29) is 23.0 Å². The predicted octanol–water partition coefficient (Wildman–Crippen LogP) is 3.40. The van der Waals surface area contributed by atoms with Gasteiger partial charge < -0.3 is 20.8 Å². The number of pyridine rings is 1. The van der Waals surface area contributed by atoms with Gasteiger partial charge in [-0.15, -0.1) is 0 Å². The van der Waals surface area contributed by atoms with Crippen molar-refractivity contribution in [2.75, 3.05) is 17.2 Å². The number of aryl methyl sites for hydroxylation is 1. The third-order valence-corrected chi connectivity index (χ3v) is 5.51. The van der Waals surface area contributed by atoms with Gasteiger partial charge in [-0.2, -0.15) is 5.10 Å². The van der Waals surface area contributed by atoms with Gasteiger partial charge in [-0.05, 0) is 49.9 Å². The van der Waals surface area contributed by atoms with Gasteiger partial charge in [-0.3, -0.25) is 9.59 Å². The monoisotopic (exact) mass is 457 g/mol. The predicted molar refractivity (Wildman–Crippen MR) is 126 cm³/mol. The molecular weight excluding hydrogens is 434 g/mol. The molecule has 1 aliphatic carbocycles. The Morgan fingerprint density at radius 1 is 1.21 bits per heavy atom. The molecule has 0 spiro atoms. The summed E-state index contributed by atoms with van der Waals surface area (Å²) in [6.45, 7) is 2.85. The molecule has 5 rings (SSSR count). The first-order valence-electron chi connectivity index (χ1n) is 10.9. The molecule has 4 aromatic rings. The summed E-state index contributed by atoms with van der Waals surface area (Å²) < 4.78 is 7.01. The second kappa shape index (κ2) is 8.81. The van der Waals surface area contributed by atoms with Crippen LogP contribution in [-0.2, 0) is 0 Å². The van der Waals surface area contributed by atoms with Crippen molar-refractivity contribution in [3.8, 4) is 17.1 Å². The van der Waals surface area contributed by atoms with Crippen LogP contribution in [0.25, 0.3) is 17.1 Å². The number of nitrogens with zero attached hydrogens (tertiary/aromatic N) is 4. The number of nitrogens with one attached hydrogen (secondary N) is 2. The van der Waals surface area contributed by atoms with Gasteiger partial charge in [0.05, 0.1) is 17.6 Å². The summed E-state index contributed by atoms with van der Waals surface area (Å²) in [6.07, 6.45) is 6.94. The van der Waals surface area contributed by atoms with Crippen molar-refractivity contribution < 1.29 is 14.0 Å². The highest BCUT2D eigenvalue weighted by atomic mass is 16.3. The van der Waals surface area contributed by atoms with E-state index in [9.17, 15) is 9.59 Å². The van der Waals surface area contributed by atoms with Gasteiger partial charge in [-0.25, -0.2) is 14.6 Å². The zero-order chi connectivity index (χ0) is 23.7. The molecule has 1 aromatic carbocycles. The zero-order valence-electron chi connectivity index (χ0n) is 18.5. The molecule has 4 N–H and O–H groups in total. The van der Waals surface area contributed by atoms with Crippen LogP contribution in [0.1, 0.15) is 39.4 Å². The smallest absolute Gasteiger partial charge is 0.277 e. The number of benzene rings is 1. The molecule has 1 fully saturated rings. The molecular formula is C24H23N7O3. The fourth-order valence-electron chi connectivity index (χ4n) is 3.41. The molecule has 3 aromatic heterocycles. The lowest BCUT2D eigenvalue weighted by atomic mass is 10.2. The van der Waals surface area contributed by atoms with Gasteiger partial charge in [0.25, 0.3) is 11.8 Å². The molecule has 0 saturated heterocycles. The number of rotatable bonds is 8. The molecule has 3 heterocycles. The molecule has 0 unspecified atom stereocenters. The summed E-state index contributed by atoms with van der Waals surface area (Å²) in [5.41, 5.74) is 8.15. The lowest BCUT2D eigenvalue weighted by Crippen LogP contribution is -2.18. The Kier molecular flexibility index (Phi) is 5.54. The number of aromatic nitrogens is 4. The average Bonchev–Trinajstić information content (AvgIpc) is 3.35. The van der Waals surface area contributed by atoms with Crippen LogP contribution in [0.4, 0.5) is 11.5 Å². The van der Waals surface area contributed by atoms with Crippen LogP contribution in [-0.4, -0.2) is 38.1 Å². The van der Waals surface area contributed by atoms with E-state index in [2.05, 4.69) is 25.7 Å². The van der Waals surface area contributed by atoms with Crippen molar-refractivity contribution in [2.24, 2.45) is 11.7 Å². The minimum absolute atomic E-state index is 0.0535. The lowest BCUT2D eigenvalue weighted by Gasteiger charge is -2.04. The Labute approximate surface area is 195 Å². The van der Waals surface area contributed by atoms with Gasteiger partial charge in [0, 0.05) is 18.3 Å². The topological polar surface area (TPSA) is 141 Å². The number of nitrogens with two attached hydrogens (primary N) is 1. The van der Waals surface area contributed by atoms with Gasteiger partial charge in [0.1, 0.15) is 12.1 Å². The normalized spacial score (nSPS) is 13.0. The summed E-state index contributed by atoms with van der Waals surface area (Å²) in [7, 11) is 0. The molecule has 34 heavy (non-hydrogen) atoms. The number of hydrogen-bond donors (Lipinski definition) is 3. The largest absolute Gasteiger partial charge is 0.444 e. The quantitative estimate of drug-likeness (QED) is 0.368. The summed E-state index contributed by atoms with van der Waals surface area (Å²) in [6, 6.07) is 11.1. The van der Waals surface area contributed by atoms with Crippen molar-refractivity contribution in [1.82, 2.24) is 19.7 Å². The fraction of sp³-hybridized carbons (Fsp3) is 0.208. The van der Waals surface area contributed by atoms with Crippen LogP contribution >= 0.6 is 0 Å². The van der Waals surface area contributed by atoms with Crippen molar-refractivity contribution >= 4 is 23.3 Å². The van der Waals surface area contributed by atoms with E-state index in [0.717, 1.165) is 23.6 Å². The van der Waals surface area contributed by atoms with Crippen molar-refractivity contribution in [3.63, 3.8) is 0 Å². The number of anilines is 2. The van der Waals surface area contributed by atoms with Crippen LogP contribution in [0.15, 0.2) is 59.5 Å². The van der Waals surface area contributed by atoms with Crippen molar-refractivity contribution in [2.45, 2.75) is 19.8 Å². The SMILES string of the molecule is Cc1ccc(-n2cc(NC(=O)c3coc(-c4ccnc(NCC5CC5)c4)n3)c(C(N)=O)n2)cc1. The minimum Gasteiger partial charge on any atom is -0.444 e. The molecule has 10 heteroatoms. The molecule has 0 bridgehead atoms. The zero-order valence-corrected chi connectivity index (χ0v) is 18.5. The highest BCUT2D eigenvalue weighted by Crippen LogP contribution is 2.29. The summed E-state index contributed by atoms with van der Waals surface area (Å²) in [5.74, 6) is 0.408. The Morgan fingerprint density at radius 2 is 2.00 bits per heavy atom. The third kappa shape index (κ3) is 4.65. The van der Waals surface area contributed by atoms with E-state index >= 15 is 0 Å². The number of carbonyl (C=O) groups excluding carboxylic acids is 2. The molecule has 0 aliphatic heterocycles. The first kappa shape index (κ1) is 21.4. The average molecular weight is 457 g/mol. The first-order chi connectivity index (χ1) is 16.5. The highest BCUT2D eigenvalue weighted by molar-refractivity contribution is 6.07. The van der Waals surface area contributed by atoms with Gasteiger partial charge in [0.2, 0.25) is 5.89 Å². The molecule has 0 radical (unpaired) electrons. The van der Waals surface area contributed by atoms with Crippen LogP contribution in [0, 0.1) is 12.8 Å². The van der Waals surface area contributed by atoms with E-state index in [1.807, 2.05) is 37.3 Å². The standard InChI is InChI=1S/C24H23N7O3/c1-14-2-6-17(7-3-14)31-12-18(21(30-31)22(25)32)28-23(33)19-13-34-24(29-19)16-8-9-26-20(10-16)27-11-15-4-5-15/h2-3,6-10,12-13,15H,4-5,11H2,1H3,(H2,25,32)(H,26,27)(H,28,33). The lowest BCUT2D eigenvalue weighted by molar-refractivity contribution is 0.0996. The van der Waals surface area contributed by atoms with E-state index in [4.69, 9.17) is 10.2 Å². The molecule has 1 aliphatic rings. The van der Waals surface area contributed by atoms with Gasteiger partial charge in [-0.1, -0.05) is 17.7 Å². The number of amides is 2. The molecule has 172 valence electrons. The van der Waals surface area contributed by atoms with Gasteiger partial charge >= 0.3 is 0 Å². The van der Waals surface area contributed by atoms with Crippen LogP contribution in [0.3, 0.4) is 0 Å². The van der Waals surface area contributed by atoms with E-state index in [1.54, 1.807) is 12.3 Å². The summed E-state index contributed by atoms with van der Waals surface area (Å²) in [5, 5.41) is 10.2. The van der Waals surface area contributed by atoms with E-state index in [0.29, 0.717) is 11.5 Å². The molecule has 0 atom stereocenters. The number of carbonyl (C=O) groups is 2. The fourth-order valence-corrected chi connectivity index (χ4v) is 3.41. The van der Waals surface area contributed by atoms with Crippen molar-refractivity contribution in [3.05, 3.63) is 72.0 Å². The molecule has 2 amide bonds. The van der Waals surface area contributed by atoms with E-state index < -0.39 is 11.8 Å². The summed E-state index contributed by atoms with van der Waals surface area (Å²) >= 11 is 0. The van der Waals surface area contributed by atoms with Crippen LogP contribution < -0.4 is 16.4 Å².